The van der Waals surface area contributed by atoms with Crippen molar-refractivity contribution in [2.75, 3.05) is 0 Å². The van der Waals surface area contributed by atoms with Gasteiger partial charge in [0, 0.05) is 38.2 Å². The highest BCUT2D eigenvalue weighted by Gasteiger charge is 2.23. The Morgan fingerprint density at radius 3 is 1.72 bits per heavy atom. The lowest BCUT2D eigenvalue weighted by molar-refractivity contribution is 1.18. The van der Waals surface area contributed by atoms with Crippen LogP contribution in [0.5, 0.6) is 0 Å². The minimum absolute atomic E-state index is 1.16. The maximum Gasteiger partial charge on any atom is 0.0619 e. The van der Waals surface area contributed by atoms with Crippen LogP contribution < -0.4 is 0 Å². The molecule has 1 aliphatic rings. The van der Waals surface area contributed by atoms with Crippen molar-refractivity contribution in [3.63, 3.8) is 0 Å². The smallest absolute Gasteiger partial charge is 0.0619 e. The van der Waals surface area contributed by atoms with E-state index in [4.69, 9.17) is 0 Å². The van der Waals surface area contributed by atoms with E-state index in [0.717, 1.165) is 11.4 Å². The number of hydrogen-bond acceptors (Lipinski definition) is 0. The van der Waals surface area contributed by atoms with Gasteiger partial charge in [-0.2, -0.15) is 0 Å². The van der Waals surface area contributed by atoms with Crippen LogP contribution in [0.3, 0.4) is 0 Å². The van der Waals surface area contributed by atoms with Crippen LogP contribution in [-0.4, -0.2) is 9.13 Å². The molecule has 64 heavy (non-hydrogen) atoms. The molecule has 0 N–H and O–H groups in total. The van der Waals surface area contributed by atoms with E-state index in [9.17, 15) is 0 Å². The Kier molecular flexibility index (Phi) is 7.43. The second kappa shape index (κ2) is 13.5. The molecule has 0 saturated carbocycles. The molecule has 14 rings (SSSR count). The van der Waals surface area contributed by atoms with Crippen molar-refractivity contribution in [3.05, 3.63) is 231 Å². The SMILES string of the molecule is c1ccc(-n2c3cc(-c4ccc5c(c4)c4ccccc4n5-c4ccccc4-c4cccc(-c5ccc6c7c(cccc57)-c5ccccc5-6)c4)ccc3c3ccc4ccccc4c32)cc1. The molecule has 0 spiro atoms. The van der Waals surface area contributed by atoms with Crippen molar-refractivity contribution in [2.24, 2.45) is 0 Å². The average molecular weight is 811 g/mol. The molecule has 0 radical (unpaired) electrons. The second-order valence-corrected chi connectivity index (χ2v) is 17.2. The van der Waals surface area contributed by atoms with Crippen LogP contribution in [0.2, 0.25) is 0 Å². The van der Waals surface area contributed by atoms with Crippen molar-refractivity contribution >= 4 is 65.2 Å². The Morgan fingerprint density at radius 1 is 0.250 bits per heavy atom. The standard InChI is InChI=1S/C62H38N2/c1-2-17-44(18-3-1)63-60-38-41(29-31-51(60)55-32-28-39-14-4-5-20-47(39)62(55)63)40-30-35-59-56(37-40)50-23-9-11-27-58(50)64(59)57-26-10-8-19-46(57)43-16-12-15-42(36-43)45-33-34-54-49-22-7-6-21-48(49)53-25-13-24-52(45)61(53)54/h1-38H. The predicted octanol–water partition coefficient (Wildman–Crippen LogP) is 16.8. The number of fused-ring (bicyclic) bond motifs is 11. The van der Waals surface area contributed by atoms with Gasteiger partial charge in [-0.25, -0.2) is 0 Å². The molecule has 13 aromatic rings. The third-order valence-corrected chi connectivity index (χ3v) is 13.9. The molecule has 1 aliphatic carbocycles. The van der Waals surface area contributed by atoms with Gasteiger partial charge in [0.15, 0.2) is 0 Å². The van der Waals surface area contributed by atoms with E-state index in [1.54, 1.807) is 0 Å². The number of nitrogens with zero attached hydrogens (tertiary/aromatic N) is 2. The highest BCUT2D eigenvalue weighted by Crippen LogP contribution is 2.50. The van der Waals surface area contributed by atoms with Crippen molar-refractivity contribution < 1.29 is 0 Å². The van der Waals surface area contributed by atoms with Crippen molar-refractivity contribution in [1.29, 1.82) is 0 Å². The molecule has 2 heteroatoms. The Hall–Kier alpha value is -8.46. The summed E-state index contributed by atoms with van der Waals surface area (Å²) in [6, 6.07) is 85.2. The Morgan fingerprint density at radius 2 is 0.844 bits per heavy atom. The van der Waals surface area contributed by atoms with Crippen molar-refractivity contribution in [2.45, 2.75) is 0 Å². The number of benzene rings is 11. The minimum Gasteiger partial charge on any atom is -0.309 e. The molecular formula is C62H38N2. The molecule has 11 aromatic carbocycles. The fourth-order valence-electron chi connectivity index (χ4n) is 11.0. The van der Waals surface area contributed by atoms with Crippen LogP contribution >= 0.6 is 0 Å². The quantitative estimate of drug-likeness (QED) is 0.164. The molecule has 0 unspecified atom stereocenters. The van der Waals surface area contributed by atoms with Gasteiger partial charge in [-0.15, -0.1) is 0 Å². The van der Waals surface area contributed by atoms with E-state index >= 15 is 0 Å². The summed E-state index contributed by atoms with van der Waals surface area (Å²) in [5, 5.41) is 10.1. The van der Waals surface area contributed by atoms with Gasteiger partial charge in [0.05, 0.1) is 27.8 Å². The van der Waals surface area contributed by atoms with Gasteiger partial charge >= 0.3 is 0 Å². The third kappa shape index (κ3) is 5.02. The van der Waals surface area contributed by atoms with Crippen LogP contribution in [0.25, 0.3) is 132 Å². The first-order chi connectivity index (χ1) is 31.8. The van der Waals surface area contributed by atoms with Gasteiger partial charge in [-0.05, 0) is 115 Å². The van der Waals surface area contributed by atoms with Crippen molar-refractivity contribution in [3.8, 4) is 67.0 Å². The van der Waals surface area contributed by atoms with Gasteiger partial charge in [0.1, 0.15) is 0 Å². The van der Waals surface area contributed by atoms with Gasteiger partial charge in [-0.3, -0.25) is 0 Å². The molecule has 0 saturated heterocycles. The summed E-state index contributed by atoms with van der Waals surface area (Å²) >= 11 is 0. The van der Waals surface area contributed by atoms with Crippen LogP contribution in [0.1, 0.15) is 0 Å². The van der Waals surface area contributed by atoms with E-state index in [1.807, 2.05) is 0 Å². The largest absolute Gasteiger partial charge is 0.309 e. The van der Waals surface area contributed by atoms with Gasteiger partial charge in [-0.1, -0.05) is 182 Å². The fourth-order valence-corrected chi connectivity index (χ4v) is 11.0. The topological polar surface area (TPSA) is 9.86 Å². The maximum atomic E-state index is 2.47. The third-order valence-electron chi connectivity index (χ3n) is 13.9. The van der Waals surface area contributed by atoms with E-state index in [-0.39, 0.29) is 0 Å². The number of hydrogen-bond donors (Lipinski definition) is 0. The van der Waals surface area contributed by atoms with Crippen LogP contribution in [0.15, 0.2) is 231 Å². The van der Waals surface area contributed by atoms with E-state index in [1.165, 1.54) is 121 Å². The molecule has 0 bridgehead atoms. The molecule has 2 aromatic heterocycles. The Balaban J connectivity index is 0.919. The monoisotopic (exact) mass is 810 g/mol. The number of rotatable bonds is 5. The number of aromatic nitrogens is 2. The molecule has 296 valence electrons. The summed E-state index contributed by atoms with van der Waals surface area (Å²) in [4.78, 5) is 0. The first-order valence-electron chi connectivity index (χ1n) is 22.2. The van der Waals surface area contributed by atoms with E-state index < -0.39 is 0 Å². The molecule has 0 aliphatic heterocycles. The molecule has 2 heterocycles. The highest BCUT2D eigenvalue weighted by atomic mass is 15.0. The summed E-state index contributed by atoms with van der Waals surface area (Å²) in [7, 11) is 0. The zero-order valence-electron chi connectivity index (χ0n) is 34.8. The Labute approximate surface area is 370 Å². The Bertz CT molecular complexity index is 4040. The first-order valence-corrected chi connectivity index (χ1v) is 22.2. The lowest BCUT2D eigenvalue weighted by atomic mass is 9.92. The summed E-state index contributed by atoms with van der Waals surface area (Å²) < 4.78 is 4.92. The fraction of sp³-hybridized carbons (Fsp3) is 0. The van der Waals surface area contributed by atoms with Crippen LogP contribution in [0.4, 0.5) is 0 Å². The van der Waals surface area contributed by atoms with Crippen LogP contribution in [-0.2, 0) is 0 Å². The van der Waals surface area contributed by atoms with Crippen LogP contribution in [0, 0.1) is 0 Å². The molecule has 0 fully saturated rings. The minimum atomic E-state index is 1.16. The lowest BCUT2D eigenvalue weighted by Gasteiger charge is -2.16. The summed E-state index contributed by atoms with van der Waals surface area (Å²) in [5.74, 6) is 0. The second-order valence-electron chi connectivity index (χ2n) is 17.2. The molecule has 0 atom stereocenters. The molecule has 0 amide bonds. The summed E-state index contributed by atoms with van der Waals surface area (Å²) in [5.41, 5.74) is 19.7. The summed E-state index contributed by atoms with van der Waals surface area (Å²) in [6.45, 7) is 0. The average Bonchev–Trinajstić information content (AvgIpc) is 4.00. The van der Waals surface area contributed by atoms with E-state index in [2.05, 4.69) is 240 Å². The van der Waals surface area contributed by atoms with Gasteiger partial charge < -0.3 is 9.13 Å². The first kappa shape index (κ1) is 35.2. The normalized spacial score (nSPS) is 12.1. The number of para-hydroxylation sites is 3. The lowest BCUT2D eigenvalue weighted by Crippen LogP contribution is -1.97. The highest BCUT2D eigenvalue weighted by molar-refractivity contribution is 6.20. The predicted molar refractivity (Wildman–Crippen MR) is 271 cm³/mol. The van der Waals surface area contributed by atoms with Crippen molar-refractivity contribution in [1.82, 2.24) is 9.13 Å². The zero-order valence-corrected chi connectivity index (χ0v) is 34.8. The van der Waals surface area contributed by atoms with Gasteiger partial charge in [0.25, 0.3) is 0 Å². The summed E-state index contributed by atoms with van der Waals surface area (Å²) in [6.07, 6.45) is 0. The molecule has 2 nitrogen and oxygen atoms in total. The van der Waals surface area contributed by atoms with Gasteiger partial charge in [0.2, 0.25) is 0 Å². The molecular weight excluding hydrogens is 773 g/mol. The van der Waals surface area contributed by atoms with E-state index in [0.29, 0.717) is 0 Å². The zero-order chi connectivity index (χ0) is 41.9. The maximum absolute atomic E-state index is 2.47.